The van der Waals surface area contributed by atoms with Crippen molar-refractivity contribution < 1.29 is 4.74 Å². The van der Waals surface area contributed by atoms with Gasteiger partial charge in [-0.15, -0.1) is 0 Å². The lowest BCUT2D eigenvalue weighted by Gasteiger charge is -2.39. The summed E-state index contributed by atoms with van der Waals surface area (Å²) >= 11 is 0. The Hall–Kier alpha value is -1.02. The summed E-state index contributed by atoms with van der Waals surface area (Å²) in [5, 5.41) is 0. The predicted molar refractivity (Wildman–Crippen MR) is 76.4 cm³/mol. The standard InChI is InChI=1S/C16H25NO/c1-5-17-9-8-14(17)11-18-15-7-6-13(4)16(10-15)12(2)3/h6-7,10,12,14H,5,8-9,11H2,1-4H3. The summed E-state index contributed by atoms with van der Waals surface area (Å²) in [6.07, 6.45) is 1.27. The van der Waals surface area contributed by atoms with Crippen LogP contribution in [0, 0.1) is 6.92 Å². The minimum Gasteiger partial charge on any atom is -0.492 e. The number of rotatable bonds is 5. The van der Waals surface area contributed by atoms with Crippen molar-refractivity contribution in [1.29, 1.82) is 0 Å². The molecule has 2 rings (SSSR count). The second-order valence-corrected chi connectivity index (χ2v) is 5.56. The van der Waals surface area contributed by atoms with Gasteiger partial charge in [-0.25, -0.2) is 0 Å². The largest absolute Gasteiger partial charge is 0.492 e. The molecule has 1 aliphatic rings. The molecular formula is C16H25NO. The predicted octanol–water partition coefficient (Wildman–Crippen LogP) is 3.59. The summed E-state index contributed by atoms with van der Waals surface area (Å²) in [5.74, 6) is 1.58. The van der Waals surface area contributed by atoms with E-state index < -0.39 is 0 Å². The van der Waals surface area contributed by atoms with Crippen molar-refractivity contribution in [2.45, 2.75) is 46.1 Å². The lowest BCUT2D eigenvalue weighted by atomic mass is 9.98. The average molecular weight is 247 g/mol. The van der Waals surface area contributed by atoms with Crippen LogP contribution in [0.2, 0.25) is 0 Å². The molecule has 0 bridgehead atoms. The first-order valence-electron chi connectivity index (χ1n) is 7.09. The summed E-state index contributed by atoms with van der Waals surface area (Å²) in [7, 11) is 0. The SMILES string of the molecule is CCN1CCC1COc1ccc(C)c(C(C)C)c1. The quantitative estimate of drug-likeness (QED) is 0.788. The molecule has 0 saturated carbocycles. The van der Waals surface area contributed by atoms with Gasteiger partial charge < -0.3 is 4.74 Å². The van der Waals surface area contributed by atoms with Crippen molar-refractivity contribution in [3.05, 3.63) is 29.3 Å². The van der Waals surface area contributed by atoms with Gasteiger partial charge in [0.2, 0.25) is 0 Å². The zero-order chi connectivity index (χ0) is 13.1. The second-order valence-electron chi connectivity index (χ2n) is 5.56. The Bertz CT molecular complexity index is 398. The summed E-state index contributed by atoms with van der Waals surface area (Å²) < 4.78 is 5.95. The van der Waals surface area contributed by atoms with E-state index in [1.54, 1.807) is 0 Å². The van der Waals surface area contributed by atoms with Crippen LogP contribution in [0.3, 0.4) is 0 Å². The number of likely N-dealkylation sites (N-methyl/N-ethyl adjacent to an activating group) is 1. The van der Waals surface area contributed by atoms with Gasteiger partial charge in [0.05, 0.1) is 0 Å². The van der Waals surface area contributed by atoms with E-state index in [0.717, 1.165) is 18.9 Å². The van der Waals surface area contributed by atoms with E-state index in [9.17, 15) is 0 Å². The van der Waals surface area contributed by atoms with Crippen LogP contribution in [0.5, 0.6) is 5.75 Å². The first kappa shape index (κ1) is 13.4. The fraction of sp³-hybridized carbons (Fsp3) is 0.625. The Balaban J connectivity index is 1.95. The molecule has 1 aromatic rings. The Labute approximate surface area is 111 Å². The smallest absolute Gasteiger partial charge is 0.119 e. The normalized spacial score (nSPS) is 19.9. The van der Waals surface area contributed by atoms with E-state index in [4.69, 9.17) is 4.74 Å². The topological polar surface area (TPSA) is 12.5 Å². The number of benzene rings is 1. The molecule has 0 aliphatic carbocycles. The van der Waals surface area contributed by atoms with Crippen LogP contribution in [0.4, 0.5) is 0 Å². The highest BCUT2D eigenvalue weighted by Gasteiger charge is 2.26. The van der Waals surface area contributed by atoms with E-state index in [1.807, 2.05) is 0 Å². The summed E-state index contributed by atoms with van der Waals surface area (Å²) in [5.41, 5.74) is 2.75. The number of hydrogen-bond donors (Lipinski definition) is 0. The fourth-order valence-electron chi connectivity index (χ4n) is 2.62. The van der Waals surface area contributed by atoms with Crippen molar-refractivity contribution >= 4 is 0 Å². The molecule has 1 unspecified atom stereocenters. The third kappa shape index (κ3) is 2.86. The Morgan fingerprint density at radius 1 is 1.39 bits per heavy atom. The fourth-order valence-corrected chi connectivity index (χ4v) is 2.62. The number of hydrogen-bond acceptors (Lipinski definition) is 2. The van der Waals surface area contributed by atoms with Crippen molar-refractivity contribution in [1.82, 2.24) is 4.90 Å². The zero-order valence-corrected chi connectivity index (χ0v) is 12.1. The first-order valence-corrected chi connectivity index (χ1v) is 7.09. The van der Waals surface area contributed by atoms with E-state index in [2.05, 4.69) is 50.8 Å². The molecule has 18 heavy (non-hydrogen) atoms. The Morgan fingerprint density at radius 2 is 2.17 bits per heavy atom. The van der Waals surface area contributed by atoms with Gasteiger partial charge in [0, 0.05) is 12.6 Å². The number of aryl methyl sites for hydroxylation is 1. The van der Waals surface area contributed by atoms with Gasteiger partial charge in [-0.3, -0.25) is 4.90 Å². The van der Waals surface area contributed by atoms with Gasteiger partial charge in [-0.05, 0) is 49.1 Å². The molecule has 1 aromatic carbocycles. The van der Waals surface area contributed by atoms with Gasteiger partial charge in [-0.1, -0.05) is 26.8 Å². The lowest BCUT2D eigenvalue weighted by molar-refractivity contribution is 0.0560. The van der Waals surface area contributed by atoms with Crippen molar-refractivity contribution in [3.8, 4) is 5.75 Å². The van der Waals surface area contributed by atoms with Crippen molar-refractivity contribution in [2.75, 3.05) is 19.7 Å². The first-order chi connectivity index (χ1) is 8.61. The highest BCUT2D eigenvalue weighted by atomic mass is 16.5. The molecule has 2 heteroatoms. The van der Waals surface area contributed by atoms with Crippen LogP contribution in [0.15, 0.2) is 18.2 Å². The molecule has 100 valence electrons. The molecule has 0 aromatic heterocycles. The number of nitrogens with zero attached hydrogens (tertiary/aromatic N) is 1. The minimum absolute atomic E-state index is 0.560. The van der Waals surface area contributed by atoms with E-state index in [-0.39, 0.29) is 0 Å². The maximum absolute atomic E-state index is 5.95. The molecule has 1 heterocycles. The van der Waals surface area contributed by atoms with Gasteiger partial charge in [0.15, 0.2) is 0 Å². The van der Waals surface area contributed by atoms with Gasteiger partial charge >= 0.3 is 0 Å². The number of ether oxygens (including phenoxy) is 1. The molecule has 1 saturated heterocycles. The molecule has 0 N–H and O–H groups in total. The molecule has 1 fully saturated rings. The molecule has 0 radical (unpaired) electrons. The van der Waals surface area contributed by atoms with Crippen LogP contribution in [-0.4, -0.2) is 30.6 Å². The minimum atomic E-state index is 0.560. The monoisotopic (exact) mass is 247 g/mol. The maximum Gasteiger partial charge on any atom is 0.119 e. The molecular weight excluding hydrogens is 222 g/mol. The third-order valence-electron chi connectivity index (χ3n) is 3.99. The van der Waals surface area contributed by atoms with Gasteiger partial charge in [0.1, 0.15) is 12.4 Å². The average Bonchev–Trinajstić information content (AvgIpc) is 2.30. The molecule has 1 aliphatic heterocycles. The summed E-state index contributed by atoms with van der Waals surface area (Å²) in [4.78, 5) is 2.47. The van der Waals surface area contributed by atoms with Gasteiger partial charge in [0.25, 0.3) is 0 Å². The summed E-state index contributed by atoms with van der Waals surface area (Å²) in [6, 6.07) is 7.09. The van der Waals surface area contributed by atoms with Crippen LogP contribution in [0.1, 0.15) is 44.2 Å². The highest BCUT2D eigenvalue weighted by molar-refractivity contribution is 5.36. The summed E-state index contributed by atoms with van der Waals surface area (Å²) in [6.45, 7) is 12.1. The van der Waals surface area contributed by atoms with Crippen LogP contribution >= 0.6 is 0 Å². The van der Waals surface area contributed by atoms with Gasteiger partial charge in [-0.2, -0.15) is 0 Å². The van der Waals surface area contributed by atoms with E-state index in [1.165, 1.54) is 24.1 Å². The van der Waals surface area contributed by atoms with Crippen molar-refractivity contribution in [3.63, 3.8) is 0 Å². The maximum atomic E-state index is 5.95. The molecule has 2 nitrogen and oxygen atoms in total. The van der Waals surface area contributed by atoms with Crippen LogP contribution in [-0.2, 0) is 0 Å². The Kier molecular flexibility index (Phi) is 4.28. The van der Waals surface area contributed by atoms with E-state index >= 15 is 0 Å². The zero-order valence-electron chi connectivity index (χ0n) is 12.1. The second kappa shape index (κ2) is 5.75. The van der Waals surface area contributed by atoms with Crippen molar-refractivity contribution in [2.24, 2.45) is 0 Å². The highest BCUT2D eigenvalue weighted by Crippen LogP contribution is 2.25. The molecule has 0 amide bonds. The molecule has 1 atom stereocenters. The number of likely N-dealkylation sites (tertiary alicyclic amines) is 1. The Morgan fingerprint density at radius 3 is 2.72 bits per heavy atom. The molecule has 0 spiro atoms. The van der Waals surface area contributed by atoms with Crippen LogP contribution < -0.4 is 4.74 Å². The van der Waals surface area contributed by atoms with Crippen LogP contribution in [0.25, 0.3) is 0 Å². The van der Waals surface area contributed by atoms with E-state index in [0.29, 0.717) is 12.0 Å². The third-order valence-corrected chi connectivity index (χ3v) is 3.99. The lowest BCUT2D eigenvalue weighted by Crippen LogP contribution is -2.50.